The summed E-state index contributed by atoms with van der Waals surface area (Å²) in [6, 6.07) is 3.90. The topological polar surface area (TPSA) is 55.1 Å². The molecule has 0 spiro atoms. The molecule has 1 fully saturated rings. The van der Waals surface area contributed by atoms with Crippen LogP contribution < -0.4 is 11.1 Å². The van der Waals surface area contributed by atoms with Crippen molar-refractivity contribution in [3.63, 3.8) is 0 Å². The van der Waals surface area contributed by atoms with E-state index in [-0.39, 0.29) is 5.91 Å². The molecule has 3 N–H and O–H groups in total. The molecule has 2 aliphatic rings. The average molecular weight is 188 g/mol. The monoisotopic (exact) mass is 188 g/mol. The molecular weight excluding hydrogens is 176 g/mol. The van der Waals surface area contributed by atoms with Crippen molar-refractivity contribution in [2.75, 3.05) is 11.1 Å². The summed E-state index contributed by atoms with van der Waals surface area (Å²) in [4.78, 5) is 11.3. The van der Waals surface area contributed by atoms with Crippen LogP contribution in [0.2, 0.25) is 0 Å². The van der Waals surface area contributed by atoms with E-state index in [4.69, 9.17) is 5.73 Å². The Morgan fingerprint density at radius 2 is 2.14 bits per heavy atom. The molecule has 1 aromatic carbocycles. The molecule has 3 nitrogen and oxygen atoms in total. The lowest BCUT2D eigenvalue weighted by Crippen LogP contribution is -2.04. The molecule has 3 heteroatoms. The van der Waals surface area contributed by atoms with E-state index in [2.05, 4.69) is 5.32 Å². The van der Waals surface area contributed by atoms with Crippen molar-refractivity contribution in [3.8, 4) is 0 Å². The first-order valence-corrected chi connectivity index (χ1v) is 4.96. The van der Waals surface area contributed by atoms with Crippen LogP contribution in [-0.4, -0.2) is 5.91 Å². The predicted octanol–water partition coefficient (Wildman–Crippen LogP) is 1.64. The molecule has 0 saturated heterocycles. The zero-order chi connectivity index (χ0) is 9.71. The van der Waals surface area contributed by atoms with E-state index in [1.54, 1.807) is 0 Å². The third-order valence-electron chi connectivity index (χ3n) is 2.91. The van der Waals surface area contributed by atoms with Crippen molar-refractivity contribution in [1.29, 1.82) is 0 Å². The largest absolute Gasteiger partial charge is 0.399 e. The lowest BCUT2D eigenvalue weighted by molar-refractivity contribution is -0.115. The Bertz CT molecular complexity index is 422. The van der Waals surface area contributed by atoms with Crippen LogP contribution in [0, 0.1) is 0 Å². The van der Waals surface area contributed by atoms with Gasteiger partial charge in [0, 0.05) is 11.4 Å². The number of carbonyl (C=O) groups excluding carboxylic acids is 1. The molecule has 1 aliphatic carbocycles. The summed E-state index contributed by atoms with van der Waals surface area (Å²) in [6.45, 7) is 0. The SMILES string of the molecule is Nc1cc2c(c(C3CC3)c1)NC(=O)C2. The molecule has 3 rings (SSSR count). The van der Waals surface area contributed by atoms with E-state index in [1.165, 1.54) is 18.4 Å². The number of nitrogens with two attached hydrogens (primary N) is 1. The molecule has 72 valence electrons. The first-order valence-electron chi connectivity index (χ1n) is 4.96. The van der Waals surface area contributed by atoms with Gasteiger partial charge in [0.15, 0.2) is 0 Å². The Balaban J connectivity index is 2.15. The highest BCUT2D eigenvalue weighted by Crippen LogP contribution is 2.46. The molecule has 14 heavy (non-hydrogen) atoms. The standard InChI is InChI=1S/C11H12N2O/c12-8-3-7-4-10(14)13-11(7)9(5-8)6-1-2-6/h3,5-6H,1-2,4,12H2,(H,13,14). The summed E-state index contributed by atoms with van der Waals surface area (Å²) in [7, 11) is 0. The van der Waals surface area contributed by atoms with Crippen molar-refractivity contribution >= 4 is 17.3 Å². The minimum absolute atomic E-state index is 0.0903. The molecule has 1 saturated carbocycles. The van der Waals surface area contributed by atoms with Crippen molar-refractivity contribution < 1.29 is 4.79 Å². The molecule has 1 amide bonds. The van der Waals surface area contributed by atoms with Crippen LogP contribution >= 0.6 is 0 Å². The van der Waals surface area contributed by atoms with Gasteiger partial charge in [-0.25, -0.2) is 0 Å². The third-order valence-corrected chi connectivity index (χ3v) is 2.91. The van der Waals surface area contributed by atoms with Crippen molar-refractivity contribution in [1.82, 2.24) is 0 Å². The van der Waals surface area contributed by atoms with E-state index in [9.17, 15) is 4.79 Å². The Hall–Kier alpha value is -1.51. The van der Waals surface area contributed by atoms with E-state index in [0.29, 0.717) is 12.3 Å². The quantitative estimate of drug-likeness (QED) is 0.658. The Labute approximate surface area is 82.3 Å². The molecule has 1 aliphatic heterocycles. The summed E-state index contributed by atoms with van der Waals surface area (Å²) < 4.78 is 0. The number of benzene rings is 1. The third kappa shape index (κ3) is 1.09. The van der Waals surface area contributed by atoms with Gasteiger partial charge in [-0.15, -0.1) is 0 Å². The van der Waals surface area contributed by atoms with E-state index < -0.39 is 0 Å². The number of nitrogens with one attached hydrogen (secondary N) is 1. The van der Waals surface area contributed by atoms with Gasteiger partial charge in [0.2, 0.25) is 5.91 Å². The van der Waals surface area contributed by atoms with Crippen LogP contribution in [0.4, 0.5) is 11.4 Å². The minimum atomic E-state index is 0.0903. The van der Waals surface area contributed by atoms with Gasteiger partial charge in [-0.3, -0.25) is 4.79 Å². The number of hydrogen-bond donors (Lipinski definition) is 2. The molecule has 0 bridgehead atoms. The summed E-state index contributed by atoms with van der Waals surface area (Å²) in [5.74, 6) is 0.721. The number of rotatable bonds is 1. The number of hydrogen-bond acceptors (Lipinski definition) is 2. The molecule has 0 aromatic heterocycles. The van der Waals surface area contributed by atoms with Crippen LogP contribution in [0.25, 0.3) is 0 Å². The molecule has 0 atom stereocenters. The van der Waals surface area contributed by atoms with Gasteiger partial charge in [0.25, 0.3) is 0 Å². The van der Waals surface area contributed by atoms with Crippen LogP contribution in [0.15, 0.2) is 12.1 Å². The first-order chi connectivity index (χ1) is 6.74. The van der Waals surface area contributed by atoms with Crippen LogP contribution in [0.3, 0.4) is 0 Å². The van der Waals surface area contributed by atoms with E-state index >= 15 is 0 Å². The van der Waals surface area contributed by atoms with Crippen molar-refractivity contribution in [3.05, 3.63) is 23.3 Å². The number of nitrogen functional groups attached to an aromatic ring is 1. The predicted molar refractivity (Wildman–Crippen MR) is 55.2 cm³/mol. The number of fused-ring (bicyclic) bond motifs is 1. The van der Waals surface area contributed by atoms with Gasteiger partial charge in [-0.1, -0.05) is 0 Å². The maximum Gasteiger partial charge on any atom is 0.228 e. The Morgan fingerprint density at radius 3 is 2.86 bits per heavy atom. The fourth-order valence-electron chi connectivity index (χ4n) is 2.12. The fraction of sp³-hybridized carbons (Fsp3) is 0.364. The maximum atomic E-state index is 11.3. The molecule has 1 aromatic rings. The lowest BCUT2D eigenvalue weighted by Gasteiger charge is -2.08. The summed E-state index contributed by atoms with van der Waals surface area (Å²) >= 11 is 0. The Kier molecular flexibility index (Phi) is 1.40. The molecule has 0 unspecified atom stereocenters. The highest BCUT2D eigenvalue weighted by Gasteiger charge is 2.30. The second-order valence-corrected chi connectivity index (χ2v) is 4.14. The van der Waals surface area contributed by atoms with Gasteiger partial charge in [0.1, 0.15) is 0 Å². The first kappa shape index (κ1) is 7.85. The van der Waals surface area contributed by atoms with E-state index in [1.807, 2.05) is 12.1 Å². The highest BCUT2D eigenvalue weighted by atomic mass is 16.1. The van der Waals surface area contributed by atoms with Gasteiger partial charge < -0.3 is 11.1 Å². The number of anilines is 2. The molecular formula is C11H12N2O. The van der Waals surface area contributed by atoms with Gasteiger partial charge in [0.05, 0.1) is 6.42 Å². The highest BCUT2D eigenvalue weighted by molar-refractivity contribution is 6.00. The average Bonchev–Trinajstić information content (AvgIpc) is 2.87. The zero-order valence-electron chi connectivity index (χ0n) is 7.84. The zero-order valence-corrected chi connectivity index (χ0v) is 7.84. The van der Waals surface area contributed by atoms with Gasteiger partial charge in [-0.2, -0.15) is 0 Å². The summed E-state index contributed by atoms with van der Waals surface area (Å²) in [5, 5.41) is 2.92. The smallest absolute Gasteiger partial charge is 0.228 e. The fourth-order valence-corrected chi connectivity index (χ4v) is 2.12. The lowest BCUT2D eigenvalue weighted by atomic mass is 10.0. The maximum absolute atomic E-state index is 11.3. The summed E-state index contributed by atoms with van der Waals surface area (Å²) in [5.41, 5.74) is 9.93. The minimum Gasteiger partial charge on any atom is -0.399 e. The van der Waals surface area contributed by atoms with Crippen LogP contribution in [0.1, 0.15) is 29.9 Å². The summed E-state index contributed by atoms with van der Waals surface area (Å²) in [6.07, 6.45) is 2.94. The van der Waals surface area contributed by atoms with Gasteiger partial charge >= 0.3 is 0 Å². The molecule has 0 radical (unpaired) electrons. The van der Waals surface area contributed by atoms with Crippen molar-refractivity contribution in [2.24, 2.45) is 0 Å². The number of amides is 1. The van der Waals surface area contributed by atoms with Crippen molar-refractivity contribution in [2.45, 2.75) is 25.2 Å². The normalized spacial score (nSPS) is 19.3. The second-order valence-electron chi connectivity index (χ2n) is 4.14. The molecule has 1 heterocycles. The van der Waals surface area contributed by atoms with Gasteiger partial charge in [-0.05, 0) is 42.0 Å². The second kappa shape index (κ2) is 2.50. The Morgan fingerprint density at radius 1 is 1.36 bits per heavy atom. The number of carbonyl (C=O) groups is 1. The van der Waals surface area contributed by atoms with Crippen LogP contribution in [0.5, 0.6) is 0 Å². The van der Waals surface area contributed by atoms with Crippen LogP contribution in [-0.2, 0) is 11.2 Å². The van der Waals surface area contributed by atoms with E-state index in [0.717, 1.165) is 16.9 Å².